The van der Waals surface area contributed by atoms with Gasteiger partial charge < -0.3 is 11.1 Å². The molecule has 2 saturated carbocycles. The molecule has 0 amide bonds. The largest absolute Gasteiger partial charge is 0.325 e. The van der Waals surface area contributed by atoms with Gasteiger partial charge in [-0.3, -0.25) is 0 Å². The van der Waals surface area contributed by atoms with Crippen molar-refractivity contribution in [1.29, 1.82) is 0 Å². The van der Waals surface area contributed by atoms with Crippen molar-refractivity contribution >= 4 is 0 Å². The molecule has 2 fully saturated rings. The van der Waals surface area contributed by atoms with E-state index in [1.54, 1.807) is 0 Å². The molecule has 0 aromatic rings. The zero-order valence-electron chi connectivity index (χ0n) is 11.4. The van der Waals surface area contributed by atoms with Crippen LogP contribution in [0.15, 0.2) is 0 Å². The van der Waals surface area contributed by atoms with Gasteiger partial charge >= 0.3 is 0 Å². The van der Waals surface area contributed by atoms with Gasteiger partial charge in [0.05, 0.1) is 0 Å². The smallest absolute Gasteiger partial charge is 0.0161 e. The van der Waals surface area contributed by atoms with E-state index in [2.05, 4.69) is 33.0 Å². The first kappa shape index (κ1) is 12.4. The fraction of sp³-hybridized carbons (Fsp3) is 1.00. The molecule has 3 N–H and O–H groups in total. The highest BCUT2D eigenvalue weighted by Gasteiger charge is 2.53. The van der Waals surface area contributed by atoms with Crippen LogP contribution in [0.5, 0.6) is 0 Å². The first-order valence-electron chi connectivity index (χ1n) is 6.77. The van der Waals surface area contributed by atoms with Gasteiger partial charge in [-0.15, -0.1) is 0 Å². The van der Waals surface area contributed by atoms with Crippen LogP contribution < -0.4 is 11.1 Å². The first-order chi connectivity index (χ1) is 7.27. The molecule has 2 aliphatic carbocycles. The summed E-state index contributed by atoms with van der Waals surface area (Å²) in [4.78, 5) is 0. The number of nitrogens with two attached hydrogens (primary N) is 1. The number of hydrogen-bond donors (Lipinski definition) is 2. The van der Waals surface area contributed by atoms with Crippen LogP contribution in [0.25, 0.3) is 0 Å². The number of nitrogens with one attached hydrogen (secondary N) is 1. The monoisotopic (exact) mass is 224 g/mol. The summed E-state index contributed by atoms with van der Waals surface area (Å²) in [5, 5.41) is 3.68. The van der Waals surface area contributed by atoms with Crippen molar-refractivity contribution in [3.05, 3.63) is 0 Å². The molecule has 2 aliphatic rings. The zero-order chi connectivity index (χ0) is 12.0. The SMILES string of the molecule is CC(C)(N)C(C)(C)CNCC1(C2CC2)CC1. The van der Waals surface area contributed by atoms with Crippen LogP contribution in [-0.2, 0) is 0 Å². The summed E-state index contributed by atoms with van der Waals surface area (Å²) in [5.74, 6) is 1.05. The lowest BCUT2D eigenvalue weighted by Crippen LogP contribution is -2.52. The van der Waals surface area contributed by atoms with Gasteiger partial charge in [0.2, 0.25) is 0 Å². The Hall–Kier alpha value is -0.0800. The van der Waals surface area contributed by atoms with E-state index in [4.69, 9.17) is 5.73 Å². The Balaban J connectivity index is 1.75. The molecule has 0 atom stereocenters. The van der Waals surface area contributed by atoms with E-state index in [9.17, 15) is 0 Å². The average Bonchev–Trinajstić information content (AvgIpc) is 2.97. The third kappa shape index (κ3) is 2.43. The number of rotatable bonds is 6. The predicted molar refractivity (Wildman–Crippen MR) is 69.3 cm³/mol. The van der Waals surface area contributed by atoms with Crippen LogP contribution in [0.2, 0.25) is 0 Å². The van der Waals surface area contributed by atoms with Crippen LogP contribution in [0.4, 0.5) is 0 Å². The minimum absolute atomic E-state index is 0.115. The second-order valence-corrected chi connectivity index (χ2v) is 7.35. The number of hydrogen-bond acceptors (Lipinski definition) is 2. The first-order valence-corrected chi connectivity index (χ1v) is 6.77. The Morgan fingerprint density at radius 3 is 2.12 bits per heavy atom. The van der Waals surface area contributed by atoms with Gasteiger partial charge in [-0.1, -0.05) is 13.8 Å². The van der Waals surface area contributed by atoms with Crippen molar-refractivity contribution < 1.29 is 0 Å². The van der Waals surface area contributed by atoms with Crippen LogP contribution in [0.3, 0.4) is 0 Å². The molecule has 2 rings (SSSR count). The standard InChI is InChI=1S/C14H28N2/c1-12(2,13(3,4)15)9-16-10-14(7-8-14)11-5-6-11/h11,16H,5-10,15H2,1-4H3. The minimum Gasteiger partial charge on any atom is -0.325 e. The third-order valence-electron chi connectivity index (χ3n) is 5.12. The van der Waals surface area contributed by atoms with Crippen LogP contribution >= 0.6 is 0 Å². The highest BCUT2D eigenvalue weighted by Crippen LogP contribution is 2.60. The van der Waals surface area contributed by atoms with Gasteiger partial charge in [-0.2, -0.15) is 0 Å². The minimum atomic E-state index is -0.115. The van der Waals surface area contributed by atoms with Crippen molar-refractivity contribution in [3.8, 4) is 0 Å². The topological polar surface area (TPSA) is 38.0 Å². The fourth-order valence-electron chi connectivity index (χ4n) is 2.44. The Morgan fingerprint density at radius 1 is 1.19 bits per heavy atom. The lowest BCUT2D eigenvalue weighted by atomic mass is 9.75. The summed E-state index contributed by atoms with van der Waals surface area (Å²) in [6.07, 6.45) is 5.87. The molecule has 0 saturated heterocycles. The van der Waals surface area contributed by atoms with E-state index in [0.717, 1.165) is 12.5 Å². The van der Waals surface area contributed by atoms with E-state index in [-0.39, 0.29) is 11.0 Å². The maximum Gasteiger partial charge on any atom is 0.0161 e. The summed E-state index contributed by atoms with van der Waals surface area (Å²) in [7, 11) is 0. The highest BCUT2D eigenvalue weighted by atomic mass is 14.9. The quantitative estimate of drug-likeness (QED) is 0.727. The molecule has 0 aromatic heterocycles. The molecule has 0 aliphatic heterocycles. The molecule has 2 heteroatoms. The molecule has 0 unspecified atom stereocenters. The maximum absolute atomic E-state index is 6.21. The van der Waals surface area contributed by atoms with Gasteiger partial charge in [0.15, 0.2) is 0 Å². The van der Waals surface area contributed by atoms with Gasteiger partial charge in [0.1, 0.15) is 0 Å². The normalized spacial score (nSPS) is 24.6. The lowest BCUT2D eigenvalue weighted by molar-refractivity contribution is 0.189. The van der Waals surface area contributed by atoms with Crippen LogP contribution in [0, 0.1) is 16.7 Å². The predicted octanol–water partition coefficient (Wildman–Crippen LogP) is 2.53. The van der Waals surface area contributed by atoms with Crippen molar-refractivity contribution in [2.45, 2.75) is 58.9 Å². The van der Waals surface area contributed by atoms with Crippen molar-refractivity contribution in [1.82, 2.24) is 5.32 Å². The Morgan fingerprint density at radius 2 is 1.75 bits per heavy atom. The molecule has 0 aromatic carbocycles. The third-order valence-corrected chi connectivity index (χ3v) is 5.12. The highest BCUT2D eigenvalue weighted by molar-refractivity contribution is 5.05. The van der Waals surface area contributed by atoms with Gasteiger partial charge in [0.25, 0.3) is 0 Å². The average molecular weight is 224 g/mol. The molecule has 0 heterocycles. The zero-order valence-corrected chi connectivity index (χ0v) is 11.4. The second-order valence-electron chi connectivity index (χ2n) is 7.35. The van der Waals surface area contributed by atoms with E-state index in [1.807, 2.05) is 0 Å². The van der Waals surface area contributed by atoms with E-state index in [1.165, 1.54) is 32.2 Å². The molecule has 2 nitrogen and oxygen atoms in total. The summed E-state index contributed by atoms with van der Waals surface area (Å²) < 4.78 is 0. The summed E-state index contributed by atoms with van der Waals surface area (Å²) in [5.41, 5.74) is 6.96. The maximum atomic E-state index is 6.21. The van der Waals surface area contributed by atoms with Crippen molar-refractivity contribution in [3.63, 3.8) is 0 Å². The molecule has 0 spiro atoms. The lowest BCUT2D eigenvalue weighted by Gasteiger charge is -2.39. The molecule has 16 heavy (non-hydrogen) atoms. The van der Waals surface area contributed by atoms with Gasteiger partial charge in [-0.05, 0) is 56.3 Å². The van der Waals surface area contributed by atoms with Crippen molar-refractivity contribution in [2.24, 2.45) is 22.5 Å². The van der Waals surface area contributed by atoms with Crippen LogP contribution in [0.1, 0.15) is 53.4 Å². The fourth-order valence-corrected chi connectivity index (χ4v) is 2.44. The summed E-state index contributed by atoms with van der Waals surface area (Å²) >= 11 is 0. The van der Waals surface area contributed by atoms with E-state index < -0.39 is 0 Å². The van der Waals surface area contributed by atoms with Gasteiger partial charge in [-0.25, -0.2) is 0 Å². The van der Waals surface area contributed by atoms with Crippen molar-refractivity contribution in [2.75, 3.05) is 13.1 Å². The Kier molecular flexibility index (Phi) is 2.87. The Bertz CT molecular complexity index is 254. The molecular weight excluding hydrogens is 196 g/mol. The summed E-state index contributed by atoms with van der Waals surface area (Å²) in [6, 6.07) is 0. The summed E-state index contributed by atoms with van der Waals surface area (Å²) in [6.45, 7) is 11.0. The molecule has 0 bridgehead atoms. The van der Waals surface area contributed by atoms with E-state index in [0.29, 0.717) is 5.41 Å². The van der Waals surface area contributed by atoms with E-state index >= 15 is 0 Å². The molecular formula is C14H28N2. The molecule has 0 radical (unpaired) electrons. The molecule has 94 valence electrons. The van der Waals surface area contributed by atoms with Gasteiger partial charge in [0, 0.05) is 18.6 Å². The second kappa shape index (κ2) is 3.71. The van der Waals surface area contributed by atoms with Crippen LogP contribution in [-0.4, -0.2) is 18.6 Å². The Labute approximate surface area is 100 Å².